The van der Waals surface area contributed by atoms with E-state index < -0.39 is 0 Å². The largest absolute Gasteiger partial charge is 0.256 e. The first-order valence-electron chi connectivity index (χ1n) is 21.1. The molecule has 0 saturated carbocycles. The lowest BCUT2D eigenvalue weighted by Crippen LogP contribution is -2.15. The van der Waals surface area contributed by atoms with Crippen LogP contribution >= 0.6 is 0 Å². The molecule has 2 aromatic heterocycles. The Morgan fingerprint density at radius 2 is 0.855 bits per heavy atom. The van der Waals surface area contributed by atoms with Gasteiger partial charge in [-0.1, -0.05) is 155 Å². The van der Waals surface area contributed by atoms with E-state index in [0.29, 0.717) is 23.0 Å². The van der Waals surface area contributed by atoms with Gasteiger partial charge in [0.15, 0.2) is 17.5 Å². The fourth-order valence-electron chi connectivity index (χ4n) is 9.60. The molecule has 11 rings (SSSR count). The Morgan fingerprint density at radius 3 is 1.56 bits per heavy atom. The van der Waals surface area contributed by atoms with Crippen molar-refractivity contribution >= 4 is 0 Å². The zero-order valence-corrected chi connectivity index (χ0v) is 35.0. The summed E-state index contributed by atoms with van der Waals surface area (Å²) in [6, 6.07) is 61.7. The van der Waals surface area contributed by atoms with Gasteiger partial charge in [-0.25, -0.2) is 15.0 Å². The lowest BCUT2D eigenvalue weighted by Gasteiger charge is -2.22. The van der Waals surface area contributed by atoms with E-state index >= 15 is 0 Å². The van der Waals surface area contributed by atoms with Crippen LogP contribution in [0.15, 0.2) is 176 Å². The summed E-state index contributed by atoms with van der Waals surface area (Å²) in [7, 11) is 0. The molecule has 0 N–H and O–H groups in total. The lowest BCUT2D eigenvalue weighted by molar-refractivity contribution is 0.660. The first kappa shape index (κ1) is 37.2. The fraction of sp³-hybridized carbons (Fsp3) is 0.105. The van der Waals surface area contributed by atoms with Gasteiger partial charge in [-0.15, -0.1) is 0 Å². The van der Waals surface area contributed by atoms with Crippen LogP contribution in [-0.2, 0) is 10.8 Å². The molecule has 62 heavy (non-hydrogen) atoms. The number of fused-ring (bicyclic) bond motifs is 6. The minimum atomic E-state index is -0.292. The van der Waals surface area contributed by atoms with Crippen molar-refractivity contribution in [2.24, 2.45) is 0 Å². The van der Waals surface area contributed by atoms with E-state index in [1.54, 1.807) is 0 Å². The minimum absolute atomic E-state index is 0.181. The van der Waals surface area contributed by atoms with E-state index in [2.05, 4.69) is 155 Å². The zero-order chi connectivity index (χ0) is 42.2. The Bertz CT molecular complexity index is 3290. The van der Waals surface area contributed by atoms with Gasteiger partial charge in [0.05, 0.1) is 17.3 Å². The summed E-state index contributed by atoms with van der Waals surface area (Å²) in [5.41, 5.74) is 18.9. The molecule has 0 unspecified atom stereocenters. The van der Waals surface area contributed by atoms with Gasteiger partial charge in [0.1, 0.15) is 0 Å². The molecule has 0 saturated heterocycles. The van der Waals surface area contributed by atoms with E-state index in [1.165, 1.54) is 44.5 Å². The molecule has 0 fully saturated rings. The molecule has 0 spiro atoms. The van der Waals surface area contributed by atoms with E-state index in [1.807, 2.05) is 54.7 Å². The van der Waals surface area contributed by atoms with E-state index in [9.17, 15) is 5.26 Å². The van der Waals surface area contributed by atoms with Gasteiger partial charge in [0, 0.05) is 44.8 Å². The van der Waals surface area contributed by atoms with Crippen LogP contribution in [0, 0.1) is 11.3 Å². The topological polar surface area (TPSA) is 75.3 Å². The van der Waals surface area contributed by atoms with Crippen molar-refractivity contribution in [1.29, 1.82) is 5.26 Å². The van der Waals surface area contributed by atoms with Gasteiger partial charge in [-0.2, -0.15) is 5.26 Å². The van der Waals surface area contributed by atoms with Crippen molar-refractivity contribution in [2.45, 2.75) is 38.5 Å². The second kappa shape index (κ2) is 14.1. The van der Waals surface area contributed by atoms with Gasteiger partial charge >= 0.3 is 0 Å². The first-order valence-corrected chi connectivity index (χ1v) is 21.1. The minimum Gasteiger partial charge on any atom is -0.256 e. The number of pyridine rings is 1. The van der Waals surface area contributed by atoms with Crippen LogP contribution in [0.3, 0.4) is 0 Å². The molecule has 0 atom stereocenters. The molecular weight excluding hydrogens is 755 g/mol. The van der Waals surface area contributed by atoms with Crippen LogP contribution in [0.5, 0.6) is 0 Å². The molecular formula is C57H41N5. The quantitative estimate of drug-likeness (QED) is 0.168. The summed E-state index contributed by atoms with van der Waals surface area (Å²) < 4.78 is 0. The lowest BCUT2D eigenvalue weighted by atomic mass is 9.81. The zero-order valence-electron chi connectivity index (χ0n) is 35.0. The van der Waals surface area contributed by atoms with E-state index in [4.69, 9.17) is 19.9 Å². The van der Waals surface area contributed by atoms with Crippen molar-refractivity contribution < 1.29 is 0 Å². The van der Waals surface area contributed by atoms with Crippen LogP contribution in [0.1, 0.15) is 55.5 Å². The van der Waals surface area contributed by atoms with Crippen molar-refractivity contribution in [2.75, 3.05) is 0 Å². The number of rotatable bonds is 6. The van der Waals surface area contributed by atoms with Crippen LogP contribution in [0.2, 0.25) is 0 Å². The number of nitriles is 1. The number of hydrogen-bond acceptors (Lipinski definition) is 5. The van der Waals surface area contributed by atoms with Gasteiger partial charge in [-0.05, 0) is 104 Å². The van der Waals surface area contributed by atoms with E-state index in [-0.39, 0.29) is 10.8 Å². The summed E-state index contributed by atoms with van der Waals surface area (Å²) in [4.78, 5) is 20.7. The highest BCUT2D eigenvalue weighted by atomic mass is 15.0. The Morgan fingerprint density at radius 1 is 0.371 bits per heavy atom. The van der Waals surface area contributed by atoms with Crippen LogP contribution in [0.25, 0.3) is 89.9 Å². The molecule has 5 heteroatoms. The maximum absolute atomic E-state index is 9.76. The van der Waals surface area contributed by atoms with Crippen molar-refractivity contribution in [3.63, 3.8) is 0 Å². The predicted octanol–water partition coefficient (Wildman–Crippen LogP) is 13.8. The smallest absolute Gasteiger partial charge is 0.164 e. The normalized spacial score (nSPS) is 13.7. The molecule has 0 aliphatic heterocycles. The predicted molar refractivity (Wildman–Crippen MR) is 250 cm³/mol. The van der Waals surface area contributed by atoms with Crippen molar-refractivity contribution in [1.82, 2.24) is 19.9 Å². The third kappa shape index (κ3) is 6.06. The van der Waals surface area contributed by atoms with E-state index in [0.717, 1.165) is 50.2 Å². The number of benzene rings is 7. The molecule has 2 heterocycles. The molecule has 5 nitrogen and oxygen atoms in total. The summed E-state index contributed by atoms with van der Waals surface area (Å²) >= 11 is 0. The van der Waals surface area contributed by atoms with Crippen molar-refractivity contribution in [3.8, 4) is 96.0 Å². The van der Waals surface area contributed by atoms with Gasteiger partial charge < -0.3 is 0 Å². The average Bonchev–Trinajstić information content (AvgIpc) is 3.70. The molecule has 0 radical (unpaired) electrons. The maximum atomic E-state index is 9.76. The summed E-state index contributed by atoms with van der Waals surface area (Å²) in [6.07, 6.45) is 2.04. The van der Waals surface area contributed by atoms with Crippen molar-refractivity contribution in [3.05, 3.63) is 204 Å². The second-order valence-corrected chi connectivity index (χ2v) is 17.5. The summed E-state index contributed by atoms with van der Waals surface area (Å²) in [6.45, 7) is 9.11. The molecule has 0 bridgehead atoms. The SMILES string of the molecule is CC1(C)c2cc(C#N)ccc2-c2ccc(-c3cc(-c4cc5c(cn4)-c4ccccc4C5(C)C)cc(-c4nc(-c5ccccc5)nc(-c5ccc(-c6ccccc6)cc5)n4)c3)cc21. The standard InChI is InChI=1S/C57H41N5/c1-56(2)48-18-12-11-17-44(48)47-34-59-52(32-51(47)56)42-28-41(40-24-26-46-45-25-19-35(33-58)27-49(45)57(3,4)50(46)31-40)29-43(30-42)55-61-53(38-15-9-6-10-16-38)60-54(62-55)39-22-20-37(21-23-39)36-13-7-5-8-14-36/h5-32,34H,1-4H3. The maximum Gasteiger partial charge on any atom is 0.164 e. The number of hydrogen-bond donors (Lipinski definition) is 0. The second-order valence-electron chi connectivity index (χ2n) is 17.5. The molecule has 7 aromatic carbocycles. The Kier molecular flexibility index (Phi) is 8.49. The molecule has 2 aliphatic rings. The molecule has 2 aliphatic carbocycles. The molecule has 294 valence electrons. The highest BCUT2D eigenvalue weighted by Gasteiger charge is 2.37. The Hall–Kier alpha value is -7.81. The highest BCUT2D eigenvalue weighted by molar-refractivity contribution is 5.87. The first-order chi connectivity index (χ1) is 30.2. The number of nitrogens with zero attached hydrogens (tertiary/aromatic N) is 5. The van der Waals surface area contributed by atoms with Gasteiger partial charge in [-0.3, -0.25) is 4.98 Å². The fourth-order valence-corrected chi connectivity index (χ4v) is 9.60. The van der Waals surface area contributed by atoms with Crippen LogP contribution < -0.4 is 0 Å². The van der Waals surface area contributed by atoms with Crippen LogP contribution in [-0.4, -0.2) is 19.9 Å². The average molecular weight is 796 g/mol. The summed E-state index contributed by atoms with van der Waals surface area (Å²) in [5, 5.41) is 9.76. The molecule has 9 aromatic rings. The monoisotopic (exact) mass is 795 g/mol. The van der Waals surface area contributed by atoms with Gasteiger partial charge in [0.25, 0.3) is 0 Å². The third-order valence-electron chi connectivity index (χ3n) is 13.0. The Balaban J connectivity index is 1.10. The number of aromatic nitrogens is 4. The van der Waals surface area contributed by atoms with Crippen LogP contribution in [0.4, 0.5) is 0 Å². The summed E-state index contributed by atoms with van der Waals surface area (Å²) in [5.74, 6) is 1.79. The Labute approximate surface area is 362 Å². The third-order valence-corrected chi connectivity index (χ3v) is 13.0. The van der Waals surface area contributed by atoms with Gasteiger partial charge in [0.2, 0.25) is 0 Å². The molecule has 0 amide bonds. The highest BCUT2D eigenvalue weighted by Crippen LogP contribution is 2.51.